The summed E-state index contributed by atoms with van der Waals surface area (Å²) < 4.78 is 32.4. The van der Waals surface area contributed by atoms with Gasteiger partial charge in [0, 0.05) is 42.3 Å². The molecule has 12 heteroatoms. The van der Waals surface area contributed by atoms with E-state index in [2.05, 4.69) is 30.5 Å². The summed E-state index contributed by atoms with van der Waals surface area (Å²) in [4.78, 5) is 11.3. The zero-order valence-electron chi connectivity index (χ0n) is 23.7. The molecule has 0 bridgehead atoms. The second kappa shape index (κ2) is 13.3. The first-order chi connectivity index (χ1) is 21.1. The molecule has 43 heavy (non-hydrogen) atoms. The summed E-state index contributed by atoms with van der Waals surface area (Å²) in [5.74, 6) is 1.45. The molecule has 3 aromatic carbocycles. The molecule has 1 fully saturated rings. The second-order valence-corrected chi connectivity index (χ2v) is 10.6. The first-order valence-electron chi connectivity index (χ1n) is 14.0. The van der Waals surface area contributed by atoms with Crippen LogP contribution in [0.4, 0.5) is 15.9 Å². The molecule has 1 aliphatic rings. The van der Waals surface area contributed by atoms with Gasteiger partial charge in [-0.1, -0.05) is 35.0 Å². The molecular weight excluding hydrogens is 573 g/mol. The highest BCUT2D eigenvalue weighted by Gasteiger charge is 2.14. The van der Waals surface area contributed by atoms with Gasteiger partial charge < -0.3 is 19.5 Å². The summed E-state index contributed by atoms with van der Waals surface area (Å²) in [6.07, 6.45) is 4.25. The lowest BCUT2D eigenvalue weighted by Crippen LogP contribution is -2.37. The highest BCUT2D eigenvalue weighted by molar-refractivity contribution is 6.30. The van der Waals surface area contributed by atoms with Gasteiger partial charge in [-0.25, -0.2) is 19.0 Å². The van der Waals surface area contributed by atoms with Gasteiger partial charge in [0.05, 0.1) is 50.2 Å². The van der Waals surface area contributed by atoms with Crippen molar-refractivity contribution in [2.45, 2.75) is 13.0 Å². The van der Waals surface area contributed by atoms with E-state index in [1.54, 1.807) is 23.9 Å². The van der Waals surface area contributed by atoms with Crippen LogP contribution in [0.3, 0.4) is 0 Å². The van der Waals surface area contributed by atoms with Crippen molar-refractivity contribution in [3.63, 3.8) is 0 Å². The summed E-state index contributed by atoms with van der Waals surface area (Å²) >= 11 is 5.93. The van der Waals surface area contributed by atoms with E-state index in [1.165, 1.54) is 12.4 Å². The van der Waals surface area contributed by atoms with E-state index in [-0.39, 0.29) is 5.02 Å². The smallest absolute Gasteiger partial charge is 0.162 e. The predicted octanol–water partition coefficient (Wildman–Crippen LogP) is 5.58. The molecule has 1 saturated heterocycles. The topological polar surface area (TPSA) is 99.5 Å². The van der Waals surface area contributed by atoms with Gasteiger partial charge in [0.1, 0.15) is 23.7 Å². The van der Waals surface area contributed by atoms with Crippen molar-refractivity contribution in [1.82, 2.24) is 29.9 Å². The molecule has 0 radical (unpaired) electrons. The SMILES string of the molecule is COc1cc2ncnc(Nc3cccc(-c4cn(Cc5ccc(F)c(Cl)c5)nn4)c3)c2cc1OCCCN1CCOCC1. The van der Waals surface area contributed by atoms with Crippen molar-refractivity contribution in [2.75, 3.05) is 51.9 Å². The van der Waals surface area contributed by atoms with Crippen LogP contribution in [0.5, 0.6) is 11.5 Å². The molecule has 222 valence electrons. The van der Waals surface area contributed by atoms with E-state index in [1.807, 2.05) is 42.6 Å². The maximum Gasteiger partial charge on any atom is 0.162 e. The molecule has 0 saturated carbocycles. The number of morpholine rings is 1. The van der Waals surface area contributed by atoms with Gasteiger partial charge in [-0.05, 0) is 42.3 Å². The fourth-order valence-electron chi connectivity index (χ4n) is 4.96. The minimum atomic E-state index is -0.451. The zero-order valence-corrected chi connectivity index (χ0v) is 24.4. The first kappa shape index (κ1) is 28.8. The minimum Gasteiger partial charge on any atom is -0.493 e. The number of aromatic nitrogens is 5. The van der Waals surface area contributed by atoms with Crippen LogP contribution in [-0.4, -0.2) is 76.4 Å². The number of nitrogens with zero attached hydrogens (tertiary/aromatic N) is 6. The standard InChI is InChI=1S/C31H31ClFN7O3/c1-41-29-17-27-24(16-30(29)43-11-3-8-39-9-12-42-13-10-39)31(35-20-34-27)36-23-5-2-4-22(15-23)28-19-40(38-37-28)18-21-6-7-26(33)25(32)14-21/h2,4-7,14-17,19-20H,3,8-13,18H2,1H3,(H,34,35,36). The molecule has 10 nitrogen and oxygen atoms in total. The zero-order chi connectivity index (χ0) is 29.6. The van der Waals surface area contributed by atoms with Gasteiger partial charge in [0.25, 0.3) is 0 Å². The molecular formula is C31H31ClFN7O3. The molecule has 0 atom stereocenters. The van der Waals surface area contributed by atoms with Crippen molar-refractivity contribution in [2.24, 2.45) is 0 Å². The molecule has 1 N–H and O–H groups in total. The molecule has 3 heterocycles. The van der Waals surface area contributed by atoms with Crippen LogP contribution in [0.2, 0.25) is 5.02 Å². The molecule has 1 aliphatic heterocycles. The third-order valence-electron chi connectivity index (χ3n) is 7.19. The average Bonchev–Trinajstić information content (AvgIpc) is 3.50. The number of ether oxygens (including phenoxy) is 3. The maximum absolute atomic E-state index is 13.5. The van der Waals surface area contributed by atoms with Gasteiger partial charge in [0.2, 0.25) is 0 Å². The van der Waals surface area contributed by atoms with Gasteiger partial charge in [-0.3, -0.25) is 4.90 Å². The molecule has 2 aromatic heterocycles. The monoisotopic (exact) mass is 603 g/mol. The number of hydrogen-bond acceptors (Lipinski definition) is 9. The quantitative estimate of drug-likeness (QED) is 0.194. The van der Waals surface area contributed by atoms with Crippen LogP contribution in [-0.2, 0) is 11.3 Å². The highest BCUT2D eigenvalue weighted by atomic mass is 35.5. The Morgan fingerprint density at radius 2 is 1.93 bits per heavy atom. The van der Waals surface area contributed by atoms with Crippen LogP contribution in [0.15, 0.2) is 67.1 Å². The number of anilines is 2. The summed E-state index contributed by atoms with van der Waals surface area (Å²) in [7, 11) is 1.62. The number of methoxy groups -OCH3 is 1. The van der Waals surface area contributed by atoms with E-state index in [0.29, 0.717) is 36.2 Å². The Bertz CT molecular complexity index is 1710. The molecule has 0 spiro atoms. The lowest BCUT2D eigenvalue weighted by atomic mass is 10.1. The first-order valence-corrected chi connectivity index (χ1v) is 14.4. The van der Waals surface area contributed by atoms with Gasteiger partial charge in [-0.2, -0.15) is 0 Å². The van der Waals surface area contributed by atoms with E-state index in [9.17, 15) is 4.39 Å². The minimum absolute atomic E-state index is 0.0785. The van der Waals surface area contributed by atoms with Crippen LogP contribution in [0, 0.1) is 5.82 Å². The Morgan fingerprint density at radius 3 is 2.77 bits per heavy atom. The number of rotatable bonds is 11. The van der Waals surface area contributed by atoms with Crippen LogP contribution in [0.1, 0.15) is 12.0 Å². The number of hydrogen-bond donors (Lipinski definition) is 1. The maximum atomic E-state index is 13.5. The van der Waals surface area contributed by atoms with Crippen molar-refractivity contribution in [3.05, 3.63) is 83.5 Å². The molecule has 0 unspecified atom stereocenters. The predicted molar refractivity (Wildman–Crippen MR) is 163 cm³/mol. The fraction of sp³-hybridized carbons (Fsp3) is 0.290. The molecule has 0 amide bonds. The van der Waals surface area contributed by atoms with Crippen molar-refractivity contribution in [1.29, 1.82) is 0 Å². The molecule has 0 aliphatic carbocycles. The summed E-state index contributed by atoms with van der Waals surface area (Å²) in [6, 6.07) is 16.2. The normalized spacial score (nSPS) is 13.7. The Labute approximate surface area is 253 Å². The Balaban J connectivity index is 1.17. The Kier molecular flexibility index (Phi) is 8.92. The number of halogens is 2. The third kappa shape index (κ3) is 7.02. The highest BCUT2D eigenvalue weighted by Crippen LogP contribution is 2.35. The third-order valence-corrected chi connectivity index (χ3v) is 7.48. The number of fused-ring (bicyclic) bond motifs is 1. The van der Waals surface area contributed by atoms with Crippen LogP contribution in [0.25, 0.3) is 22.2 Å². The van der Waals surface area contributed by atoms with Crippen molar-refractivity contribution < 1.29 is 18.6 Å². The van der Waals surface area contributed by atoms with E-state index in [0.717, 1.165) is 67.0 Å². The second-order valence-electron chi connectivity index (χ2n) is 10.2. The van der Waals surface area contributed by atoms with Crippen molar-refractivity contribution in [3.8, 4) is 22.8 Å². The summed E-state index contributed by atoms with van der Waals surface area (Å²) in [5, 5.41) is 12.9. The average molecular weight is 604 g/mol. The van der Waals surface area contributed by atoms with E-state index >= 15 is 0 Å². The number of nitrogens with one attached hydrogen (secondary N) is 1. The Morgan fingerprint density at radius 1 is 1.05 bits per heavy atom. The summed E-state index contributed by atoms with van der Waals surface area (Å²) in [5.41, 5.74) is 3.95. The van der Waals surface area contributed by atoms with Crippen LogP contribution >= 0.6 is 11.6 Å². The molecule has 6 rings (SSSR count). The summed E-state index contributed by atoms with van der Waals surface area (Å²) in [6.45, 7) is 5.41. The largest absolute Gasteiger partial charge is 0.493 e. The Hall–Kier alpha value is -4.32. The molecule has 5 aromatic rings. The van der Waals surface area contributed by atoms with E-state index in [4.69, 9.17) is 25.8 Å². The fourth-order valence-corrected chi connectivity index (χ4v) is 5.16. The van der Waals surface area contributed by atoms with E-state index < -0.39 is 5.82 Å². The van der Waals surface area contributed by atoms with Gasteiger partial charge in [-0.15, -0.1) is 5.10 Å². The van der Waals surface area contributed by atoms with Gasteiger partial charge in [0.15, 0.2) is 11.5 Å². The van der Waals surface area contributed by atoms with Gasteiger partial charge >= 0.3 is 0 Å². The van der Waals surface area contributed by atoms with Crippen LogP contribution < -0.4 is 14.8 Å². The lowest BCUT2D eigenvalue weighted by Gasteiger charge is -2.26. The number of benzene rings is 3. The lowest BCUT2D eigenvalue weighted by molar-refractivity contribution is 0.0357. The van der Waals surface area contributed by atoms with Crippen molar-refractivity contribution >= 4 is 34.0 Å².